The van der Waals surface area contributed by atoms with Crippen molar-refractivity contribution in [1.29, 1.82) is 0 Å². The number of hydrogen-bond donors (Lipinski definition) is 1. The molecule has 1 saturated carbocycles. The highest BCUT2D eigenvalue weighted by Gasteiger charge is 2.43. The molecule has 0 spiro atoms. The van der Waals surface area contributed by atoms with E-state index >= 15 is 0 Å². The third-order valence-electron chi connectivity index (χ3n) is 5.01. The summed E-state index contributed by atoms with van der Waals surface area (Å²) in [6.45, 7) is 5.33. The molecule has 1 aliphatic heterocycles. The average Bonchev–Trinajstić information content (AvgIpc) is 3.05. The Balaban J connectivity index is 1.61. The number of carbonyl (C=O) groups excluding carboxylic acids is 1. The number of likely N-dealkylation sites (tertiary alicyclic amines) is 1. The van der Waals surface area contributed by atoms with Crippen molar-refractivity contribution >= 4 is 17.5 Å². The predicted molar refractivity (Wildman–Crippen MR) is 87.0 cm³/mol. The molecule has 1 aromatic carbocycles. The molecule has 1 heterocycles. The van der Waals surface area contributed by atoms with Crippen LogP contribution < -0.4 is 10.5 Å². The Morgan fingerprint density at radius 3 is 2.86 bits per heavy atom. The zero-order valence-corrected chi connectivity index (χ0v) is 13.8. The number of aryl methyl sites for hydroxylation is 1. The van der Waals surface area contributed by atoms with E-state index < -0.39 is 6.10 Å². The zero-order chi connectivity index (χ0) is 15.9. The van der Waals surface area contributed by atoms with Gasteiger partial charge in [-0.3, -0.25) is 4.79 Å². The minimum Gasteiger partial charge on any atom is -0.481 e. The lowest BCUT2D eigenvalue weighted by Crippen LogP contribution is -2.40. The number of halogens is 1. The minimum atomic E-state index is -0.490. The molecule has 4 unspecified atom stereocenters. The molecule has 1 aromatic rings. The second kappa shape index (κ2) is 6.09. The van der Waals surface area contributed by atoms with Crippen molar-refractivity contribution in [2.45, 2.75) is 38.8 Å². The fourth-order valence-electron chi connectivity index (χ4n) is 3.69. The third-order valence-corrected chi connectivity index (χ3v) is 5.44. The summed E-state index contributed by atoms with van der Waals surface area (Å²) in [5.41, 5.74) is 7.08. The summed E-state index contributed by atoms with van der Waals surface area (Å²) >= 11 is 6.01. The predicted octanol–water partition coefficient (Wildman–Crippen LogP) is 2.61. The Morgan fingerprint density at radius 1 is 1.41 bits per heavy atom. The Morgan fingerprint density at radius 2 is 2.18 bits per heavy atom. The van der Waals surface area contributed by atoms with Crippen LogP contribution in [-0.4, -0.2) is 36.0 Å². The van der Waals surface area contributed by atoms with E-state index in [1.807, 2.05) is 17.9 Å². The van der Waals surface area contributed by atoms with Crippen molar-refractivity contribution in [3.63, 3.8) is 0 Å². The van der Waals surface area contributed by atoms with E-state index in [0.29, 0.717) is 22.6 Å². The molecule has 2 aliphatic rings. The van der Waals surface area contributed by atoms with Crippen LogP contribution in [0.3, 0.4) is 0 Å². The van der Waals surface area contributed by atoms with E-state index in [1.165, 1.54) is 0 Å². The van der Waals surface area contributed by atoms with Crippen LogP contribution in [-0.2, 0) is 4.79 Å². The summed E-state index contributed by atoms with van der Waals surface area (Å²) in [5, 5.41) is 0.702. The number of hydrogen-bond acceptors (Lipinski definition) is 3. The van der Waals surface area contributed by atoms with Gasteiger partial charge in [0.05, 0.1) is 0 Å². The maximum Gasteiger partial charge on any atom is 0.263 e. The van der Waals surface area contributed by atoms with Gasteiger partial charge in [0.1, 0.15) is 5.75 Å². The van der Waals surface area contributed by atoms with Crippen LogP contribution in [0, 0.1) is 18.8 Å². The van der Waals surface area contributed by atoms with Crippen molar-refractivity contribution in [3.05, 3.63) is 28.8 Å². The van der Waals surface area contributed by atoms with E-state index in [1.54, 1.807) is 19.1 Å². The molecular weight excluding hydrogens is 300 g/mol. The lowest BCUT2D eigenvalue weighted by molar-refractivity contribution is -0.137. The van der Waals surface area contributed by atoms with Crippen LogP contribution in [0.25, 0.3) is 0 Å². The van der Waals surface area contributed by atoms with E-state index in [0.717, 1.165) is 31.5 Å². The van der Waals surface area contributed by atoms with Gasteiger partial charge in [-0.1, -0.05) is 11.6 Å². The first-order valence-corrected chi connectivity index (χ1v) is 8.30. The van der Waals surface area contributed by atoms with Gasteiger partial charge in [0.2, 0.25) is 0 Å². The molecule has 0 aromatic heterocycles. The van der Waals surface area contributed by atoms with Crippen molar-refractivity contribution in [2.75, 3.05) is 13.1 Å². The number of nitrogens with zero attached hydrogens (tertiary/aromatic N) is 1. The van der Waals surface area contributed by atoms with Gasteiger partial charge >= 0.3 is 0 Å². The number of nitrogens with two attached hydrogens (primary N) is 1. The Kier molecular flexibility index (Phi) is 4.33. The summed E-state index contributed by atoms with van der Waals surface area (Å²) in [5.74, 6) is 1.77. The molecule has 120 valence electrons. The van der Waals surface area contributed by atoms with Gasteiger partial charge in [-0.2, -0.15) is 0 Å². The molecule has 4 nitrogen and oxygen atoms in total. The molecule has 0 bridgehead atoms. The molecule has 2 fully saturated rings. The van der Waals surface area contributed by atoms with Gasteiger partial charge in [0, 0.05) is 24.2 Å². The molecule has 0 radical (unpaired) electrons. The Bertz CT molecular complexity index is 578. The standard InChI is InChI=1S/C17H23ClN2O2/c1-10-7-13(4-5-15(10)18)22-11(2)17(21)20-8-12-3-6-16(19)14(12)9-20/h4-5,7,11-12,14,16H,3,6,8-9,19H2,1-2H3. The summed E-state index contributed by atoms with van der Waals surface area (Å²) in [6.07, 6.45) is 1.74. The summed E-state index contributed by atoms with van der Waals surface area (Å²) in [6, 6.07) is 5.70. The number of amides is 1. The van der Waals surface area contributed by atoms with Crippen molar-refractivity contribution in [3.8, 4) is 5.75 Å². The Labute approximate surface area is 136 Å². The van der Waals surface area contributed by atoms with Crippen LogP contribution in [0.1, 0.15) is 25.3 Å². The quantitative estimate of drug-likeness (QED) is 0.930. The van der Waals surface area contributed by atoms with E-state index in [2.05, 4.69) is 0 Å². The summed E-state index contributed by atoms with van der Waals surface area (Å²) < 4.78 is 5.79. The van der Waals surface area contributed by atoms with Crippen molar-refractivity contribution in [2.24, 2.45) is 17.6 Å². The maximum absolute atomic E-state index is 12.6. The number of rotatable bonds is 3. The largest absolute Gasteiger partial charge is 0.481 e. The fraction of sp³-hybridized carbons (Fsp3) is 0.588. The van der Waals surface area contributed by atoms with Gasteiger partial charge in [-0.25, -0.2) is 0 Å². The van der Waals surface area contributed by atoms with Gasteiger partial charge < -0.3 is 15.4 Å². The second-order valence-electron chi connectivity index (χ2n) is 6.58. The lowest BCUT2D eigenvalue weighted by atomic mass is 9.98. The molecule has 5 heteroatoms. The first-order valence-electron chi connectivity index (χ1n) is 7.93. The molecule has 4 atom stereocenters. The molecule has 2 N–H and O–H groups in total. The van der Waals surface area contributed by atoms with Gasteiger partial charge in [0.15, 0.2) is 6.10 Å². The number of benzene rings is 1. The van der Waals surface area contributed by atoms with Gasteiger partial charge in [-0.05, 0) is 62.3 Å². The molecule has 1 saturated heterocycles. The van der Waals surface area contributed by atoms with Crippen molar-refractivity contribution in [1.82, 2.24) is 4.90 Å². The lowest BCUT2D eigenvalue weighted by Gasteiger charge is -2.23. The van der Waals surface area contributed by atoms with Gasteiger partial charge in [-0.15, -0.1) is 0 Å². The first-order chi connectivity index (χ1) is 10.5. The first kappa shape index (κ1) is 15.6. The number of ether oxygens (including phenoxy) is 1. The van der Waals surface area contributed by atoms with E-state index in [4.69, 9.17) is 22.1 Å². The van der Waals surface area contributed by atoms with Crippen LogP contribution in [0.5, 0.6) is 5.75 Å². The highest BCUT2D eigenvalue weighted by molar-refractivity contribution is 6.31. The van der Waals surface area contributed by atoms with Crippen LogP contribution in [0.2, 0.25) is 5.02 Å². The SMILES string of the molecule is Cc1cc(OC(C)C(=O)N2CC3CCC(N)C3C2)ccc1Cl. The van der Waals surface area contributed by atoms with Crippen LogP contribution in [0.15, 0.2) is 18.2 Å². The highest BCUT2D eigenvalue weighted by Crippen LogP contribution is 2.37. The summed E-state index contributed by atoms with van der Waals surface area (Å²) in [7, 11) is 0. The van der Waals surface area contributed by atoms with Gasteiger partial charge in [0.25, 0.3) is 5.91 Å². The zero-order valence-electron chi connectivity index (χ0n) is 13.1. The third kappa shape index (κ3) is 2.95. The highest BCUT2D eigenvalue weighted by atomic mass is 35.5. The molecule has 3 rings (SSSR count). The number of fused-ring (bicyclic) bond motifs is 1. The van der Waals surface area contributed by atoms with Crippen LogP contribution >= 0.6 is 11.6 Å². The van der Waals surface area contributed by atoms with E-state index in [-0.39, 0.29) is 11.9 Å². The second-order valence-corrected chi connectivity index (χ2v) is 6.99. The van der Waals surface area contributed by atoms with Crippen molar-refractivity contribution < 1.29 is 9.53 Å². The maximum atomic E-state index is 12.6. The molecule has 1 aliphatic carbocycles. The average molecular weight is 323 g/mol. The Hall–Kier alpha value is -1.26. The molecule has 1 amide bonds. The van der Waals surface area contributed by atoms with E-state index in [9.17, 15) is 4.79 Å². The normalized spacial score (nSPS) is 28.5. The topological polar surface area (TPSA) is 55.6 Å². The minimum absolute atomic E-state index is 0.0502. The smallest absolute Gasteiger partial charge is 0.263 e. The number of carbonyl (C=O) groups is 1. The summed E-state index contributed by atoms with van der Waals surface area (Å²) in [4.78, 5) is 14.5. The fourth-order valence-corrected chi connectivity index (χ4v) is 3.81. The molecule has 22 heavy (non-hydrogen) atoms. The monoisotopic (exact) mass is 322 g/mol. The molecular formula is C17H23ClN2O2. The van der Waals surface area contributed by atoms with Crippen LogP contribution in [0.4, 0.5) is 0 Å².